The monoisotopic (exact) mass is 293 g/mol. The van der Waals surface area contributed by atoms with Crippen molar-refractivity contribution in [2.24, 2.45) is 5.92 Å². The Labute approximate surface area is 129 Å². The van der Waals surface area contributed by atoms with Crippen LogP contribution in [0.5, 0.6) is 0 Å². The zero-order valence-corrected chi connectivity index (χ0v) is 13.4. The molecule has 2 N–H and O–H groups in total. The summed E-state index contributed by atoms with van der Waals surface area (Å²) >= 11 is 0. The summed E-state index contributed by atoms with van der Waals surface area (Å²) < 4.78 is 0. The minimum absolute atomic E-state index is 0.0559. The highest BCUT2D eigenvalue weighted by atomic mass is 16.2. The van der Waals surface area contributed by atoms with Crippen LogP contribution >= 0.6 is 0 Å². The molecule has 1 aliphatic heterocycles. The van der Waals surface area contributed by atoms with E-state index < -0.39 is 0 Å². The first-order valence-electron chi connectivity index (χ1n) is 9.05. The molecule has 3 fully saturated rings. The van der Waals surface area contributed by atoms with E-state index in [0.29, 0.717) is 6.04 Å². The van der Waals surface area contributed by atoms with Crippen molar-refractivity contribution >= 4 is 5.91 Å². The lowest BCUT2D eigenvalue weighted by molar-refractivity contribution is -0.124. The van der Waals surface area contributed by atoms with Crippen LogP contribution in [-0.2, 0) is 4.79 Å². The van der Waals surface area contributed by atoms with Gasteiger partial charge in [-0.15, -0.1) is 0 Å². The first kappa shape index (κ1) is 15.3. The fourth-order valence-corrected chi connectivity index (χ4v) is 4.19. The van der Waals surface area contributed by atoms with Gasteiger partial charge in [0, 0.05) is 25.2 Å². The van der Waals surface area contributed by atoms with Gasteiger partial charge < -0.3 is 10.6 Å². The number of rotatable bonds is 6. The number of nitrogens with zero attached hydrogens (tertiary/aromatic N) is 1. The minimum atomic E-state index is 0.0559. The molecule has 1 saturated heterocycles. The first-order valence-corrected chi connectivity index (χ1v) is 9.05. The number of carbonyl (C=O) groups excluding carboxylic acids is 1. The van der Waals surface area contributed by atoms with Crippen LogP contribution in [0.25, 0.3) is 0 Å². The number of hydrogen-bond donors (Lipinski definition) is 2. The number of hydrogen-bond acceptors (Lipinski definition) is 3. The summed E-state index contributed by atoms with van der Waals surface area (Å²) in [6, 6.07) is 1.45. The Morgan fingerprint density at radius 3 is 2.71 bits per heavy atom. The van der Waals surface area contributed by atoms with Crippen molar-refractivity contribution in [3.8, 4) is 0 Å². The molecular formula is C17H31N3O. The van der Waals surface area contributed by atoms with Crippen molar-refractivity contribution in [2.75, 3.05) is 19.6 Å². The van der Waals surface area contributed by atoms with Crippen LogP contribution in [0.15, 0.2) is 0 Å². The first-order chi connectivity index (χ1) is 10.3. The van der Waals surface area contributed by atoms with Gasteiger partial charge in [-0.3, -0.25) is 9.69 Å². The molecule has 1 amide bonds. The summed E-state index contributed by atoms with van der Waals surface area (Å²) in [4.78, 5) is 14.8. The molecule has 3 aliphatic rings. The number of piperidine rings is 1. The Morgan fingerprint density at radius 1 is 1.14 bits per heavy atom. The Kier molecular flexibility index (Phi) is 5.17. The molecule has 0 radical (unpaired) electrons. The fourth-order valence-electron chi connectivity index (χ4n) is 4.19. The highest BCUT2D eigenvalue weighted by Crippen LogP contribution is 2.32. The second kappa shape index (κ2) is 7.10. The van der Waals surface area contributed by atoms with Crippen LogP contribution in [0.1, 0.15) is 58.3 Å². The van der Waals surface area contributed by atoms with E-state index in [1.54, 1.807) is 0 Å². The molecule has 0 spiro atoms. The molecule has 1 heterocycles. The maximum Gasteiger partial charge on any atom is 0.237 e. The Morgan fingerprint density at radius 2 is 1.95 bits per heavy atom. The van der Waals surface area contributed by atoms with Gasteiger partial charge in [-0.25, -0.2) is 0 Å². The van der Waals surface area contributed by atoms with Crippen LogP contribution in [0.3, 0.4) is 0 Å². The number of nitrogens with one attached hydrogen (secondary N) is 2. The quantitative estimate of drug-likeness (QED) is 0.786. The van der Waals surface area contributed by atoms with Crippen LogP contribution in [0, 0.1) is 5.92 Å². The van der Waals surface area contributed by atoms with Gasteiger partial charge in [0.15, 0.2) is 0 Å². The Bertz CT molecular complexity index is 356. The smallest absolute Gasteiger partial charge is 0.237 e. The van der Waals surface area contributed by atoms with Gasteiger partial charge >= 0.3 is 0 Å². The van der Waals surface area contributed by atoms with Gasteiger partial charge in [0.05, 0.1) is 6.04 Å². The van der Waals surface area contributed by atoms with Crippen molar-refractivity contribution in [2.45, 2.75) is 76.4 Å². The van der Waals surface area contributed by atoms with E-state index >= 15 is 0 Å². The lowest BCUT2D eigenvalue weighted by Crippen LogP contribution is -2.55. The van der Waals surface area contributed by atoms with Gasteiger partial charge in [-0.2, -0.15) is 0 Å². The molecule has 21 heavy (non-hydrogen) atoms. The molecule has 3 rings (SSSR count). The molecule has 120 valence electrons. The third kappa shape index (κ3) is 3.98. The third-order valence-corrected chi connectivity index (χ3v) is 5.63. The van der Waals surface area contributed by atoms with Crippen LogP contribution < -0.4 is 10.6 Å². The van der Waals surface area contributed by atoms with Crippen molar-refractivity contribution in [3.63, 3.8) is 0 Å². The van der Waals surface area contributed by atoms with Gasteiger partial charge in [0.2, 0.25) is 5.91 Å². The summed E-state index contributed by atoms with van der Waals surface area (Å²) in [5, 5.41) is 6.77. The largest absolute Gasteiger partial charge is 0.353 e. The number of carbonyl (C=O) groups is 1. The van der Waals surface area contributed by atoms with E-state index in [1.165, 1.54) is 44.9 Å². The van der Waals surface area contributed by atoms with E-state index in [2.05, 4.69) is 22.5 Å². The Balaban J connectivity index is 1.38. The molecule has 2 aliphatic carbocycles. The van der Waals surface area contributed by atoms with Crippen molar-refractivity contribution < 1.29 is 4.79 Å². The van der Waals surface area contributed by atoms with Gasteiger partial charge in [-0.05, 0) is 51.0 Å². The SMILES string of the molecule is CCN(CCNC(=O)C1CCC2CCCCC2N1)C1CC1. The zero-order valence-electron chi connectivity index (χ0n) is 13.4. The molecule has 2 saturated carbocycles. The second-order valence-corrected chi connectivity index (χ2v) is 7.10. The van der Waals surface area contributed by atoms with E-state index in [1.807, 2.05) is 0 Å². The second-order valence-electron chi connectivity index (χ2n) is 7.10. The van der Waals surface area contributed by atoms with Crippen LogP contribution in [0.4, 0.5) is 0 Å². The molecule has 4 nitrogen and oxygen atoms in total. The summed E-state index contributed by atoms with van der Waals surface area (Å²) in [5.41, 5.74) is 0. The molecule has 3 atom stereocenters. The number of likely N-dealkylation sites (N-methyl/N-ethyl adjacent to an activating group) is 1. The lowest BCUT2D eigenvalue weighted by atomic mass is 9.77. The molecule has 0 bridgehead atoms. The fraction of sp³-hybridized carbons (Fsp3) is 0.941. The summed E-state index contributed by atoms with van der Waals surface area (Å²) in [6.45, 7) is 5.12. The minimum Gasteiger partial charge on any atom is -0.353 e. The van der Waals surface area contributed by atoms with Gasteiger partial charge in [0.1, 0.15) is 0 Å². The van der Waals surface area contributed by atoms with E-state index in [4.69, 9.17) is 0 Å². The normalized spacial score (nSPS) is 32.8. The van der Waals surface area contributed by atoms with E-state index in [9.17, 15) is 4.79 Å². The molecule has 0 aromatic rings. The highest BCUT2D eigenvalue weighted by molar-refractivity contribution is 5.81. The lowest BCUT2D eigenvalue weighted by Gasteiger charge is -2.40. The maximum absolute atomic E-state index is 12.3. The number of fused-ring (bicyclic) bond motifs is 1. The molecule has 4 heteroatoms. The van der Waals surface area contributed by atoms with E-state index in [0.717, 1.165) is 38.0 Å². The maximum atomic E-state index is 12.3. The predicted molar refractivity (Wildman–Crippen MR) is 85.2 cm³/mol. The average Bonchev–Trinajstić information content (AvgIpc) is 3.35. The Hall–Kier alpha value is -0.610. The van der Waals surface area contributed by atoms with Gasteiger partial charge in [-0.1, -0.05) is 19.8 Å². The summed E-state index contributed by atoms with van der Waals surface area (Å²) in [7, 11) is 0. The molecular weight excluding hydrogens is 262 g/mol. The number of amides is 1. The predicted octanol–water partition coefficient (Wildman–Crippen LogP) is 1.90. The van der Waals surface area contributed by atoms with Crippen molar-refractivity contribution in [3.05, 3.63) is 0 Å². The molecule has 3 unspecified atom stereocenters. The third-order valence-electron chi connectivity index (χ3n) is 5.63. The molecule has 0 aromatic carbocycles. The average molecular weight is 293 g/mol. The molecule has 0 aromatic heterocycles. The highest BCUT2D eigenvalue weighted by Gasteiger charge is 2.34. The summed E-state index contributed by atoms with van der Waals surface area (Å²) in [6.07, 6.45) is 10.3. The van der Waals surface area contributed by atoms with Crippen molar-refractivity contribution in [1.29, 1.82) is 0 Å². The topological polar surface area (TPSA) is 44.4 Å². The van der Waals surface area contributed by atoms with Gasteiger partial charge in [0.25, 0.3) is 0 Å². The van der Waals surface area contributed by atoms with E-state index in [-0.39, 0.29) is 11.9 Å². The standard InChI is InChI=1S/C17H31N3O/c1-2-20(14-8-9-14)12-11-18-17(21)16-10-7-13-5-3-4-6-15(13)19-16/h13-16,19H,2-12H2,1H3,(H,18,21). The van der Waals surface area contributed by atoms with Crippen molar-refractivity contribution in [1.82, 2.24) is 15.5 Å². The van der Waals surface area contributed by atoms with Crippen LogP contribution in [-0.4, -0.2) is 48.6 Å². The van der Waals surface area contributed by atoms with Crippen LogP contribution in [0.2, 0.25) is 0 Å². The summed E-state index contributed by atoms with van der Waals surface area (Å²) in [5.74, 6) is 1.05. The zero-order chi connectivity index (χ0) is 14.7.